The highest BCUT2D eigenvalue weighted by Crippen LogP contribution is 2.62. The molecule has 0 N–H and O–H groups in total. The maximum atomic E-state index is 2.62. The lowest BCUT2D eigenvalue weighted by Crippen LogP contribution is -2.45. The first-order chi connectivity index (χ1) is 8.14. The van der Waals surface area contributed by atoms with Crippen molar-refractivity contribution in [3.8, 4) is 0 Å². The van der Waals surface area contributed by atoms with Crippen LogP contribution in [0.15, 0.2) is 0 Å². The molecule has 0 aromatic carbocycles. The van der Waals surface area contributed by atoms with Crippen molar-refractivity contribution in [2.45, 2.75) is 84.5 Å². The standard InChI is InChI=1S/C17H30/c1-16(2)13-14-7-6-8-15(10-9-14)17(16)11-4-3-5-12-17/h14-15H,3-13H2,1-2H3. The molecule has 3 rings (SSSR count). The fraction of sp³-hybridized carbons (Fsp3) is 1.00. The maximum Gasteiger partial charge on any atom is -0.0218 e. The Morgan fingerprint density at radius 3 is 2.29 bits per heavy atom. The van der Waals surface area contributed by atoms with Crippen molar-refractivity contribution in [3.63, 3.8) is 0 Å². The first-order valence-corrected chi connectivity index (χ1v) is 8.14. The van der Waals surface area contributed by atoms with Crippen LogP contribution in [0.5, 0.6) is 0 Å². The van der Waals surface area contributed by atoms with E-state index in [0.717, 1.165) is 17.3 Å². The molecule has 0 amide bonds. The summed E-state index contributed by atoms with van der Waals surface area (Å²) in [6, 6.07) is 0. The van der Waals surface area contributed by atoms with E-state index in [2.05, 4.69) is 13.8 Å². The molecule has 3 aliphatic carbocycles. The zero-order chi connectivity index (χ0) is 11.9. The summed E-state index contributed by atoms with van der Waals surface area (Å²) in [5, 5.41) is 0. The van der Waals surface area contributed by atoms with E-state index in [9.17, 15) is 0 Å². The van der Waals surface area contributed by atoms with Gasteiger partial charge in [0.25, 0.3) is 0 Å². The van der Waals surface area contributed by atoms with Crippen LogP contribution in [-0.2, 0) is 0 Å². The third-order valence-corrected chi connectivity index (χ3v) is 6.76. The highest BCUT2D eigenvalue weighted by molar-refractivity contribution is 5.02. The van der Waals surface area contributed by atoms with Crippen LogP contribution < -0.4 is 0 Å². The van der Waals surface area contributed by atoms with Gasteiger partial charge in [0, 0.05) is 0 Å². The highest BCUT2D eigenvalue weighted by atomic mass is 14.6. The number of rotatable bonds is 0. The highest BCUT2D eigenvalue weighted by Gasteiger charge is 2.52. The van der Waals surface area contributed by atoms with Crippen LogP contribution in [-0.4, -0.2) is 0 Å². The van der Waals surface area contributed by atoms with Crippen LogP contribution >= 0.6 is 0 Å². The molecule has 0 heteroatoms. The van der Waals surface area contributed by atoms with Gasteiger partial charge in [0.15, 0.2) is 0 Å². The molecule has 0 radical (unpaired) electrons. The minimum atomic E-state index is 0.625. The number of fused-ring (bicyclic) bond motifs is 4. The minimum Gasteiger partial charge on any atom is -0.0594 e. The minimum absolute atomic E-state index is 0.625. The average Bonchev–Trinajstić information content (AvgIpc) is 2.58. The van der Waals surface area contributed by atoms with E-state index in [0.29, 0.717) is 5.41 Å². The molecular weight excluding hydrogens is 204 g/mol. The van der Waals surface area contributed by atoms with Gasteiger partial charge in [-0.05, 0) is 54.8 Å². The lowest BCUT2D eigenvalue weighted by atomic mass is 9.50. The second-order valence-corrected chi connectivity index (χ2v) is 7.88. The predicted molar refractivity (Wildman–Crippen MR) is 74.0 cm³/mol. The zero-order valence-corrected chi connectivity index (χ0v) is 11.9. The molecule has 17 heavy (non-hydrogen) atoms. The van der Waals surface area contributed by atoms with Crippen molar-refractivity contribution < 1.29 is 0 Å². The fourth-order valence-corrected chi connectivity index (χ4v) is 5.88. The van der Waals surface area contributed by atoms with Gasteiger partial charge in [0.1, 0.15) is 0 Å². The SMILES string of the molecule is CC1(C)CC2CCCC(CC2)C12CCCCC2. The first kappa shape index (κ1) is 12.1. The molecule has 0 nitrogen and oxygen atoms in total. The van der Waals surface area contributed by atoms with Crippen molar-refractivity contribution in [1.29, 1.82) is 0 Å². The van der Waals surface area contributed by atoms with E-state index in [4.69, 9.17) is 0 Å². The van der Waals surface area contributed by atoms with Gasteiger partial charge in [-0.25, -0.2) is 0 Å². The van der Waals surface area contributed by atoms with Crippen LogP contribution in [0.2, 0.25) is 0 Å². The van der Waals surface area contributed by atoms with Crippen LogP contribution in [0.3, 0.4) is 0 Å². The molecule has 2 unspecified atom stereocenters. The Bertz CT molecular complexity index is 270. The summed E-state index contributed by atoms with van der Waals surface area (Å²) < 4.78 is 0. The summed E-state index contributed by atoms with van der Waals surface area (Å²) in [5.74, 6) is 2.14. The van der Waals surface area contributed by atoms with E-state index in [1.165, 1.54) is 38.5 Å². The van der Waals surface area contributed by atoms with Gasteiger partial charge in [0.05, 0.1) is 0 Å². The van der Waals surface area contributed by atoms with Gasteiger partial charge in [-0.2, -0.15) is 0 Å². The van der Waals surface area contributed by atoms with Crippen LogP contribution in [0.1, 0.15) is 84.5 Å². The topological polar surface area (TPSA) is 0 Å². The van der Waals surface area contributed by atoms with Crippen molar-refractivity contribution in [3.05, 3.63) is 0 Å². The van der Waals surface area contributed by atoms with E-state index in [1.54, 1.807) is 32.1 Å². The van der Waals surface area contributed by atoms with Gasteiger partial charge in [0.2, 0.25) is 0 Å². The Balaban J connectivity index is 1.96. The van der Waals surface area contributed by atoms with Gasteiger partial charge < -0.3 is 0 Å². The Morgan fingerprint density at radius 1 is 0.765 bits per heavy atom. The van der Waals surface area contributed by atoms with Crippen molar-refractivity contribution in [1.82, 2.24) is 0 Å². The van der Waals surface area contributed by atoms with Crippen LogP contribution in [0.4, 0.5) is 0 Å². The van der Waals surface area contributed by atoms with E-state index in [1.807, 2.05) is 0 Å². The van der Waals surface area contributed by atoms with Crippen molar-refractivity contribution in [2.75, 3.05) is 0 Å². The van der Waals surface area contributed by atoms with Gasteiger partial charge >= 0.3 is 0 Å². The molecular formula is C17H30. The summed E-state index contributed by atoms with van der Waals surface area (Å²) in [5.41, 5.74) is 1.36. The Kier molecular flexibility index (Phi) is 3.04. The Labute approximate surface area is 108 Å². The summed E-state index contributed by atoms with van der Waals surface area (Å²) in [6.45, 7) is 5.24. The van der Waals surface area contributed by atoms with Crippen LogP contribution in [0, 0.1) is 22.7 Å². The molecule has 2 bridgehead atoms. The van der Waals surface area contributed by atoms with Gasteiger partial charge in [-0.3, -0.25) is 0 Å². The Morgan fingerprint density at radius 2 is 1.53 bits per heavy atom. The molecule has 1 spiro atoms. The molecule has 0 aromatic heterocycles. The summed E-state index contributed by atoms with van der Waals surface area (Å²) in [4.78, 5) is 0. The normalized spacial score (nSPS) is 39.9. The fourth-order valence-electron chi connectivity index (χ4n) is 5.88. The maximum absolute atomic E-state index is 2.62. The van der Waals surface area contributed by atoms with E-state index >= 15 is 0 Å². The monoisotopic (exact) mass is 234 g/mol. The molecule has 0 aliphatic heterocycles. The lowest BCUT2D eigenvalue weighted by Gasteiger charge is -2.54. The molecule has 98 valence electrons. The van der Waals surface area contributed by atoms with Gasteiger partial charge in [-0.15, -0.1) is 0 Å². The van der Waals surface area contributed by atoms with Crippen molar-refractivity contribution >= 4 is 0 Å². The zero-order valence-electron chi connectivity index (χ0n) is 11.9. The molecule has 3 aliphatic rings. The van der Waals surface area contributed by atoms with E-state index < -0.39 is 0 Å². The molecule has 3 fully saturated rings. The largest absolute Gasteiger partial charge is 0.0594 e. The molecule has 0 heterocycles. The Hall–Kier alpha value is 0. The third kappa shape index (κ3) is 1.87. The van der Waals surface area contributed by atoms with Crippen molar-refractivity contribution in [2.24, 2.45) is 22.7 Å². The summed E-state index contributed by atoms with van der Waals surface area (Å²) >= 11 is 0. The average molecular weight is 234 g/mol. The number of hydrogen-bond donors (Lipinski definition) is 0. The van der Waals surface area contributed by atoms with E-state index in [-0.39, 0.29) is 0 Å². The smallest absolute Gasteiger partial charge is 0.0218 e. The second-order valence-electron chi connectivity index (χ2n) is 7.88. The predicted octanol–water partition coefficient (Wildman–Crippen LogP) is 5.56. The summed E-state index contributed by atoms with van der Waals surface area (Å²) in [6.07, 6.45) is 16.9. The second kappa shape index (κ2) is 4.28. The molecule has 0 saturated heterocycles. The molecule has 0 aromatic rings. The van der Waals surface area contributed by atoms with Gasteiger partial charge in [-0.1, -0.05) is 52.4 Å². The molecule has 3 saturated carbocycles. The summed E-state index contributed by atoms with van der Waals surface area (Å²) in [7, 11) is 0. The third-order valence-electron chi connectivity index (χ3n) is 6.76. The lowest BCUT2D eigenvalue weighted by molar-refractivity contribution is -0.0460. The van der Waals surface area contributed by atoms with Crippen LogP contribution in [0.25, 0.3) is 0 Å². The molecule has 2 atom stereocenters. The first-order valence-electron chi connectivity index (χ1n) is 8.14. The number of hydrogen-bond acceptors (Lipinski definition) is 0. The quantitative estimate of drug-likeness (QED) is 0.514.